The van der Waals surface area contributed by atoms with Gasteiger partial charge in [0, 0.05) is 36.9 Å². The number of benzene rings is 1. The van der Waals surface area contributed by atoms with E-state index in [1.165, 1.54) is 18.9 Å². The summed E-state index contributed by atoms with van der Waals surface area (Å²) in [5.41, 5.74) is 1.39. The molecule has 120 valence electrons. The van der Waals surface area contributed by atoms with Crippen LogP contribution in [0.4, 0.5) is 17.2 Å². The van der Waals surface area contributed by atoms with Gasteiger partial charge in [0.25, 0.3) is 5.69 Å². The molecule has 0 bridgehead atoms. The minimum Gasteiger partial charge on any atom is -0.375 e. The molecule has 0 aliphatic carbocycles. The third-order valence-electron chi connectivity index (χ3n) is 3.88. The number of nitro groups is 1. The maximum absolute atomic E-state index is 11.1. The number of nitrogens with one attached hydrogen (secondary N) is 1. The van der Waals surface area contributed by atoms with E-state index < -0.39 is 4.92 Å². The Balaban J connectivity index is 1.67. The van der Waals surface area contributed by atoms with Gasteiger partial charge in [0.05, 0.1) is 4.92 Å². The first kappa shape index (κ1) is 15.6. The summed E-state index contributed by atoms with van der Waals surface area (Å²) in [5.74, 6) is 0.990. The van der Waals surface area contributed by atoms with Crippen molar-refractivity contribution >= 4 is 28.8 Å². The zero-order valence-corrected chi connectivity index (χ0v) is 13.3. The Bertz CT molecular complexity index is 700. The van der Waals surface area contributed by atoms with E-state index >= 15 is 0 Å². The van der Waals surface area contributed by atoms with Crippen LogP contribution in [-0.2, 0) is 6.54 Å². The van der Waals surface area contributed by atoms with E-state index in [2.05, 4.69) is 15.2 Å². The van der Waals surface area contributed by atoms with E-state index in [9.17, 15) is 10.1 Å². The fraction of sp³-hybridized carbons (Fsp3) is 0.312. The Hall–Kier alpha value is -2.34. The second-order valence-corrected chi connectivity index (χ2v) is 5.93. The molecule has 1 saturated heterocycles. The van der Waals surface area contributed by atoms with Crippen LogP contribution in [0.1, 0.15) is 18.4 Å². The first-order valence-electron chi connectivity index (χ1n) is 7.51. The van der Waals surface area contributed by atoms with Crippen LogP contribution >= 0.6 is 11.6 Å². The average Bonchev–Trinajstić information content (AvgIpc) is 3.08. The van der Waals surface area contributed by atoms with Gasteiger partial charge in [-0.1, -0.05) is 17.7 Å². The Morgan fingerprint density at radius 1 is 1.26 bits per heavy atom. The van der Waals surface area contributed by atoms with Crippen molar-refractivity contribution in [3.05, 3.63) is 57.2 Å². The summed E-state index contributed by atoms with van der Waals surface area (Å²) in [6.45, 7) is 2.58. The number of pyridine rings is 1. The molecule has 0 radical (unpaired) electrons. The van der Waals surface area contributed by atoms with Gasteiger partial charge < -0.3 is 10.2 Å². The summed E-state index contributed by atoms with van der Waals surface area (Å²) in [5, 5.41) is 14.5. The Morgan fingerprint density at radius 3 is 2.70 bits per heavy atom. The van der Waals surface area contributed by atoms with Crippen LogP contribution in [0, 0.1) is 10.1 Å². The molecule has 2 aromatic rings. The maximum Gasteiger partial charge on any atom is 0.293 e. The van der Waals surface area contributed by atoms with Gasteiger partial charge in [0.15, 0.2) is 0 Å². The molecule has 3 rings (SSSR count). The van der Waals surface area contributed by atoms with Crippen LogP contribution in [-0.4, -0.2) is 23.0 Å². The van der Waals surface area contributed by atoms with Crippen molar-refractivity contribution in [1.82, 2.24) is 4.98 Å². The van der Waals surface area contributed by atoms with E-state index in [1.807, 2.05) is 18.3 Å². The zero-order chi connectivity index (χ0) is 16.2. The first-order valence-corrected chi connectivity index (χ1v) is 7.89. The van der Waals surface area contributed by atoms with Gasteiger partial charge in [-0.25, -0.2) is 4.98 Å². The van der Waals surface area contributed by atoms with E-state index in [4.69, 9.17) is 11.6 Å². The van der Waals surface area contributed by atoms with Crippen molar-refractivity contribution in [3.8, 4) is 0 Å². The van der Waals surface area contributed by atoms with Gasteiger partial charge in [-0.2, -0.15) is 0 Å². The van der Waals surface area contributed by atoms with Gasteiger partial charge in [-0.05, 0) is 36.6 Å². The normalized spacial score (nSPS) is 14.0. The van der Waals surface area contributed by atoms with Crippen molar-refractivity contribution < 1.29 is 4.92 Å². The number of rotatable bonds is 5. The lowest BCUT2D eigenvalue weighted by atomic mass is 10.2. The SMILES string of the molecule is O=[N+]([O-])c1cc(Cl)ccc1NCc1ccc(N2CCCC2)nc1. The Morgan fingerprint density at radius 2 is 2.04 bits per heavy atom. The number of hydrogen-bond donors (Lipinski definition) is 1. The molecule has 1 fully saturated rings. The largest absolute Gasteiger partial charge is 0.375 e. The highest BCUT2D eigenvalue weighted by atomic mass is 35.5. The van der Waals surface area contributed by atoms with Gasteiger partial charge in [-0.15, -0.1) is 0 Å². The lowest BCUT2D eigenvalue weighted by Gasteiger charge is -2.16. The summed E-state index contributed by atoms with van der Waals surface area (Å²) in [6.07, 6.45) is 4.23. The number of nitro benzene ring substituents is 1. The number of halogens is 1. The molecule has 0 amide bonds. The van der Waals surface area contributed by atoms with E-state index in [0.29, 0.717) is 17.3 Å². The quantitative estimate of drug-likeness (QED) is 0.665. The molecule has 2 heterocycles. The summed E-state index contributed by atoms with van der Waals surface area (Å²) in [6, 6.07) is 8.59. The van der Waals surface area contributed by atoms with Gasteiger partial charge >= 0.3 is 0 Å². The number of nitrogens with zero attached hydrogens (tertiary/aromatic N) is 3. The summed E-state index contributed by atoms with van der Waals surface area (Å²) in [7, 11) is 0. The second kappa shape index (κ2) is 6.83. The van der Waals surface area contributed by atoms with E-state index in [0.717, 1.165) is 24.5 Å². The molecular weight excluding hydrogens is 316 g/mol. The summed E-state index contributed by atoms with van der Waals surface area (Å²) in [4.78, 5) is 17.4. The van der Waals surface area contributed by atoms with E-state index in [-0.39, 0.29) is 5.69 Å². The monoisotopic (exact) mass is 332 g/mol. The fourth-order valence-electron chi connectivity index (χ4n) is 2.66. The maximum atomic E-state index is 11.1. The van der Waals surface area contributed by atoms with Crippen molar-refractivity contribution in [2.75, 3.05) is 23.3 Å². The van der Waals surface area contributed by atoms with Crippen molar-refractivity contribution in [1.29, 1.82) is 0 Å². The van der Waals surface area contributed by atoms with Gasteiger partial charge in [-0.3, -0.25) is 10.1 Å². The molecule has 0 atom stereocenters. The predicted molar refractivity (Wildman–Crippen MR) is 91.1 cm³/mol. The van der Waals surface area contributed by atoms with Crippen molar-refractivity contribution in [2.24, 2.45) is 0 Å². The van der Waals surface area contributed by atoms with Crippen molar-refractivity contribution in [2.45, 2.75) is 19.4 Å². The molecule has 6 nitrogen and oxygen atoms in total. The third kappa shape index (κ3) is 3.71. The molecule has 0 unspecified atom stereocenters. The van der Waals surface area contributed by atoms with Crippen LogP contribution in [0.15, 0.2) is 36.5 Å². The molecular formula is C16H17ClN4O2. The minimum atomic E-state index is -0.442. The van der Waals surface area contributed by atoms with Crippen LogP contribution in [0.5, 0.6) is 0 Å². The van der Waals surface area contributed by atoms with Crippen LogP contribution in [0.3, 0.4) is 0 Å². The first-order chi connectivity index (χ1) is 11.1. The highest BCUT2D eigenvalue weighted by molar-refractivity contribution is 6.30. The lowest BCUT2D eigenvalue weighted by molar-refractivity contribution is -0.383. The number of aromatic nitrogens is 1. The second-order valence-electron chi connectivity index (χ2n) is 5.49. The number of hydrogen-bond acceptors (Lipinski definition) is 5. The fourth-order valence-corrected chi connectivity index (χ4v) is 2.82. The average molecular weight is 333 g/mol. The van der Waals surface area contributed by atoms with E-state index in [1.54, 1.807) is 12.1 Å². The lowest BCUT2D eigenvalue weighted by Crippen LogP contribution is -2.18. The van der Waals surface area contributed by atoms with Crippen LogP contribution in [0.25, 0.3) is 0 Å². The Kier molecular flexibility index (Phi) is 4.62. The highest BCUT2D eigenvalue weighted by Crippen LogP contribution is 2.28. The standard InChI is InChI=1S/C16H17ClN4O2/c17-13-4-5-14(15(9-13)21(22)23)18-10-12-3-6-16(19-11-12)20-7-1-2-8-20/h3-6,9,11,18H,1-2,7-8,10H2. The highest BCUT2D eigenvalue weighted by Gasteiger charge is 2.15. The molecule has 1 N–H and O–H groups in total. The van der Waals surface area contributed by atoms with Gasteiger partial charge in [0.1, 0.15) is 11.5 Å². The summed E-state index contributed by atoms with van der Waals surface area (Å²) >= 11 is 5.81. The summed E-state index contributed by atoms with van der Waals surface area (Å²) < 4.78 is 0. The topological polar surface area (TPSA) is 71.3 Å². The molecule has 7 heteroatoms. The predicted octanol–water partition coefficient (Wildman–Crippen LogP) is 3.86. The number of anilines is 2. The molecule has 0 spiro atoms. The molecule has 0 saturated carbocycles. The zero-order valence-electron chi connectivity index (χ0n) is 12.5. The van der Waals surface area contributed by atoms with Crippen LogP contribution < -0.4 is 10.2 Å². The molecule has 1 aliphatic heterocycles. The molecule has 23 heavy (non-hydrogen) atoms. The molecule has 1 aliphatic rings. The van der Waals surface area contributed by atoms with Gasteiger partial charge in [0.2, 0.25) is 0 Å². The van der Waals surface area contributed by atoms with Crippen molar-refractivity contribution in [3.63, 3.8) is 0 Å². The smallest absolute Gasteiger partial charge is 0.293 e. The minimum absolute atomic E-state index is 0.0286. The third-order valence-corrected chi connectivity index (χ3v) is 4.11. The molecule has 1 aromatic heterocycles. The Labute approximate surface area is 139 Å². The molecule has 1 aromatic carbocycles. The van der Waals surface area contributed by atoms with Crippen LogP contribution in [0.2, 0.25) is 5.02 Å².